The molecule has 0 saturated carbocycles. The number of nitrogens with zero attached hydrogens (tertiary/aromatic N) is 1. The Morgan fingerprint density at radius 1 is 1.32 bits per heavy atom. The van der Waals surface area contributed by atoms with Crippen molar-refractivity contribution in [2.75, 3.05) is 18.4 Å². The average molecular weight is 387 g/mol. The molecule has 2 amide bonds. The number of nitrogens with one attached hydrogen (secondary N) is 1. The van der Waals surface area contributed by atoms with Crippen molar-refractivity contribution < 1.29 is 36.6 Å². The van der Waals surface area contributed by atoms with Gasteiger partial charge in [0.1, 0.15) is 5.69 Å². The van der Waals surface area contributed by atoms with Crippen molar-refractivity contribution in [1.82, 2.24) is 4.90 Å². The molecule has 2 rings (SSSR count). The van der Waals surface area contributed by atoms with E-state index < -0.39 is 60.4 Å². The van der Waals surface area contributed by atoms with Gasteiger partial charge >= 0.3 is 18.2 Å². The van der Waals surface area contributed by atoms with Gasteiger partial charge in [-0.25, -0.2) is 13.6 Å². The van der Waals surface area contributed by atoms with Crippen LogP contribution in [-0.2, 0) is 4.79 Å². The van der Waals surface area contributed by atoms with Crippen molar-refractivity contribution in [2.45, 2.75) is 13.1 Å². The van der Waals surface area contributed by atoms with E-state index in [2.05, 4.69) is 0 Å². The molecule has 1 aliphatic heterocycles. The minimum Gasteiger partial charge on any atom is -0.481 e. The van der Waals surface area contributed by atoms with Crippen LogP contribution in [-0.4, -0.2) is 41.3 Å². The van der Waals surface area contributed by atoms with Crippen LogP contribution < -0.4 is 5.32 Å². The Morgan fingerprint density at radius 2 is 1.92 bits per heavy atom. The maximum Gasteiger partial charge on any atom is 0.394 e. The van der Waals surface area contributed by atoms with Gasteiger partial charge in [-0.15, -0.1) is 0 Å². The molecule has 0 aromatic heterocycles. The highest BCUT2D eigenvalue weighted by Gasteiger charge is 2.53. The Balaban J connectivity index is 2.23. The molecule has 0 radical (unpaired) electrons. The first kappa shape index (κ1) is 19.2. The summed E-state index contributed by atoms with van der Waals surface area (Å²) in [6.45, 7) is -0.438. The normalized spacial score (nSPS) is 20.7. The number of hydrogen-bond donors (Lipinski definition) is 2. The summed E-state index contributed by atoms with van der Waals surface area (Å²) in [4.78, 5) is 23.6. The average Bonchev–Trinajstić information content (AvgIpc) is 2.95. The molecule has 1 heterocycles. The molecule has 5 nitrogen and oxygen atoms in total. The Kier molecular flexibility index (Phi) is 5.12. The molecule has 2 atom stereocenters. The van der Waals surface area contributed by atoms with Crippen LogP contribution in [0, 0.1) is 30.4 Å². The summed E-state index contributed by atoms with van der Waals surface area (Å²) in [5, 5.41) is 10.5. The van der Waals surface area contributed by atoms with E-state index in [1.165, 1.54) is 6.92 Å². The van der Waals surface area contributed by atoms with E-state index in [0.717, 1.165) is 6.07 Å². The molecule has 11 heteroatoms. The third-order valence-electron chi connectivity index (χ3n) is 3.98. The third-order valence-corrected chi connectivity index (χ3v) is 4.37. The molecule has 1 saturated heterocycles. The highest BCUT2D eigenvalue weighted by molar-refractivity contribution is 6.31. The van der Waals surface area contributed by atoms with Crippen LogP contribution in [0.1, 0.15) is 5.56 Å². The molecule has 1 aromatic carbocycles. The zero-order valence-corrected chi connectivity index (χ0v) is 13.4. The number of amides is 2. The molecule has 138 valence electrons. The van der Waals surface area contributed by atoms with Crippen molar-refractivity contribution in [2.24, 2.45) is 11.8 Å². The summed E-state index contributed by atoms with van der Waals surface area (Å²) in [6, 6.07) is -0.490. The lowest BCUT2D eigenvalue weighted by Gasteiger charge is -2.19. The van der Waals surface area contributed by atoms with Crippen molar-refractivity contribution in [3.8, 4) is 0 Å². The van der Waals surface area contributed by atoms with Gasteiger partial charge in [0, 0.05) is 23.7 Å². The molecule has 0 aliphatic carbocycles. The molecule has 0 bridgehead atoms. The number of carboxylic acid groups (broad SMARTS) is 1. The van der Waals surface area contributed by atoms with E-state index in [0.29, 0.717) is 4.90 Å². The second-order valence-electron chi connectivity index (χ2n) is 5.58. The summed E-state index contributed by atoms with van der Waals surface area (Å²) >= 11 is 5.58. The number of aliphatic carboxylic acids is 1. The Morgan fingerprint density at radius 3 is 2.40 bits per heavy atom. The SMILES string of the molecule is Cc1c(Cl)cc(F)c(NC(=O)N2C[C@@H](C(F)(F)F)[C@H](C(=O)O)C2)c1F. The largest absolute Gasteiger partial charge is 0.481 e. The smallest absolute Gasteiger partial charge is 0.394 e. The van der Waals surface area contributed by atoms with E-state index in [9.17, 15) is 31.5 Å². The molecule has 2 N–H and O–H groups in total. The van der Waals surface area contributed by atoms with Crippen LogP contribution in [0.15, 0.2) is 6.07 Å². The van der Waals surface area contributed by atoms with Gasteiger partial charge in [-0.2, -0.15) is 13.2 Å². The van der Waals surface area contributed by atoms with Crippen LogP contribution in [0.2, 0.25) is 5.02 Å². The van der Waals surface area contributed by atoms with Gasteiger partial charge < -0.3 is 15.3 Å². The lowest BCUT2D eigenvalue weighted by Crippen LogP contribution is -2.35. The van der Waals surface area contributed by atoms with E-state index in [-0.39, 0.29) is 10.6 Å². The number of halogens is 6. The molecule has 1 fully saturated rings. The first-order valence-corrected chi connectivity index (χ1v) is 7.30. The quantitative estimate of drug-likeness (QED) is 0.762. The van der Waals surface area contributed by atoms with Gasteiger partial charge in [0.2, 0.25) is 0 Å². The zero-order chi connectivity index (χ0) is 19.1. The first-order valence-electron chi connectivity index (χ1n) is 6.93. The minimum absolute atomic E-state index is 0.156. The van der Waals surface area contributed by atoms with Gasteiger partial charge in [0.05, 0.1) is 11.8 Å². The fourth-order valence-corrected chi connectivity index (χ4v) is 2.72. The van der Waals surface area contributed by atoms with Crippen LogP contribution in [0.5, 0.6) is 0 Å². The summed E-state index contributed by atoms with van der Waals surface area (Å²) in [5.74, 6) is -8.20. The number of hydrogen-bond acceptors (Lipinski definition) is 2. The second kappa shape index (κ2) is 6.66. The fraction of sp³-hybridized carbons (Fsp3) is 0.429. The van der Waals surface area contributed by atoms with E-state index in [1.807, 2.05) is 5.32 Å². The van der Waals surface area contributed by atoms with Crippen molar-refractivity contribution >= 4 is 29.3 Å². The Bertz CT molecular complexity index is 725. The molecule has 1 aromatic rings. The predicted molar refractivity (Wildman–Crippen MR) is 77.4 cm³/mol. The summed E-state index contributed by atoms with van der Waals surface area (Å²) in [7, 11) is 0. The monoisotopic (exact) mass is 386 g/mol. The zero-order valence-electron chi connectivity index (χ0n) is 12.6. The van der Waals surface area contributed by atoms with E-state index >= 15 is 0 Å². The van der Waals surface area contributed by atoms with Gasteiger partial charge in [-0.1, -0.05) is 11.6 Å². The Hall–Kier alpha value is -2.10. The number of carboxylic acids is 1. The number of alkyl halides is 3. The highest BCUT2D eigenvalue weighted by atomic mass is 35.5. The minimum atomic E-state index is -4.83. The van der Waals surface area contributed by atoms with Crippen LogP contribution in [0.25, 0.3) is 0 Å². The van der Waals surface area contributed by atoms with Crippen molar-refractivity contribution in [3.05, 3.63) is 28.3 Å². The second-order valence-corrected chi connectivity index (χ2v) is 5.99. The van der Waals surface area contributed by atoms with Crippen molar-refractivity contribution in [3.63, 3.8) is 0 Å². The number of urea groups is 1. The van der Waals surface area contributed by atoms with Gasteiger partial charge in [-0.3, -0.25) is 4.79 Å². The summed E-state index contributed by atoms with van der Waals surface area (Å²) in [5.41, 5.74) is -1.02. The Labute approximate surface area is 143 Å². The number of likely N-dealkylation sites (tertiary alicyclic amines) is 1. The van der Waals surface area contributed by atoms with Crippen LogP contribution in [0.3, 0.4) is 0 Å². The number of benzene rings is 1. The molecule has 0 spiro atoms. The number of carbonyl (C=O) groups excluding carboxylic acids is 1. The maximum absolute atomic E-state index is 14.0. The fourth-order valence-electron chi connectivity index (χ4n) is 2.54. The number of anilines is 1. The summed E-state index contributed by atoms with van der Waals surface area (Å²) in [6.07, 6.45) is -4.83. The molecular formula is C14H12ClF5N2O3. The summed E-state index contributed by atoms with van der Waals surface area (Å²) < 4.78 is 66.5. The maximum atomic E-state index is 14.0. The standard InChI is InChI=1S/C14H12ClF5N2O3/c1-5-8(15)2-9(16)11(10(5)17)21-13(25)22-3-6(12(23)24)7(4-22)14(18,19)20/h2,6-7H,3-4H2,1H3,(H,21,25)(H,23,24)/t6-,7-/m1/s1. The van der Waals surface area contributed by atoms with Gasteiger partial charge in [-0.05, 0) is 13.0 Å². The van der Waals surface area contributed by atoms with Gasteiger partial charge in [0.15, 0.2) is 11.6 Å². The van der Waals surface area contributed by atoms with Crippen LogP contribution >= 0.6 is 11.6 Å². The predicted octanol–water partition coefficient (Wildman–Crippen LogP) is 3.65. The topological polar surface area (TPSA) is 69.6 Å². The highest BCUT2D eigenvalue weighted by Crippen LogP contribution is 2.38. The number of carbonyl (C=O) groups is 2. The van der Waals surface area contributed by atoms with E-state index in [4.69, 9.17) is 16.7 Å². The third kappa shape index (κ3) is 3.78. The molecular weight excluding hydrogens is 375 g/mol. The molecule has 1 aliphatic rings. The van der Waals surface area contributed by atoms with Gasteiger partial charge in [0.25, 0.3) is 0 Å². The first-order chi connectivity index (χ1) is 11.4. The lowest BCUT2D eigenvalue weighted by atomic mass is 9.96. The molecule has 25 heavy (non-hydrogen) atoms. The van der Waals surface area contributed by atoms with Crippen LogP contribution in [0.4, 0.5) is 32.4 Å². The van der Waals surface area contributed by atoms with Crippen molar-refractivity contribution in [1.29, 1.82) is 0 Å². The molecule has 0 unspecified atom stereocenters. The lowest BCUT2D eigenvalue weighted by molar-refractivity contribution is -0.187. The number of rotatable bonds is 2. The van der Waals surface area contributed by atoms with E-state index in [1.54, 1.807) is 0 Å².